The number of hydrogen-bond acceptors (Lipinski definition) is 2. The fraction of sp³-hybridized carbons (Fsp3) is 0.385. The van der Waals surface area contributed by atoms with Gasteiger partial charge in [-0.15, -0.1) is 0 Å². The topological polar surface area (TPSA) is 29.5 Å². The molecule has 2 atom stereocenters. The molecule has 2 aliphatic heterocycles. The van der Waals surface area contributed by atoms with Crippen molar-refractivity contribution in [3.05, 3.63) is 83.4 Å². The Bertz CT molecular complexity index is 997. The van der Waals surface area contributed by atoms with E-state index in [0.29, 0.717) is 17.6 Å². The molecule has 2 heterocycles. The molecule has 5 rings (SSSR count). The Morgan fingerprint density at radius 3 is 1.93 bits per heavy atom. The number of hydrogen-bond donors (Lipinski definition) is 0. The van der Waals surface area contributed by atoms with Gasteiger partial charge >= 0.3 is 0 Å². The van der Waals surface area contributed by atoms with E-state index in [1.165, 1.54) is 6.42 Å². The molecule has 2 fully saturated rings. The predicted octanol–water partition coefficient (Wildman–Crippen LogP) is 7.19. The molecular weight excluding hydrogens is 389 g/mol. The van der Waals surface area contributed by atoms with Crippen LogP contribution in [-0.4, -0.2) is 17.3 Å². The zero-order valence-corrected chi connectivity index (χ0v) is 18.9. The molecule has 0 N–H and O–H groups in total. The minimum atomic E-state index is -2.89. The van der Waals surface area contributed by atoms with Crippen molar-refractivity contribution in [2.45, 2.75) is 46.1 Å². The van der Waals surface area contributed by atoms with Crippen LogP contribution >= 0.6 is 7.29 Å². The number of benzene rings is 2. The van der Waals surface area contributed by atoms with Gasteiger partial charge in [0.25, 0.3) is 0 Å². The second-order valence-corrected chi connectivity index (χ2v) is 12.7. The summed E-state index contributed by atoms with van der Waals surface area (Å²) in [6.45, 7) is 7.97. The third-order valence-corrected chi connectivity index (χ3v) is 9.21. The zero-order valence-electron chi connectivity index (χ0n) is 18.0. The summed E-state index contributed by atoms with van der Waals surface area (Å²) in [7, 11) is -2.89. The summed E-state index contributed by atoms with van der Waals surface area (Å²) in [5, 5.41) is 0. The van der Waals surface area contributed by atoms with Gasteiger partial charge in [-0.2, -0.15) is 0 Å². The minimum absolute atomic E-state index is 0.226. The molecule has 156 valence electrons. The zero-order chi connectivity index (χ0) is 21.0. The Labute approximate surface area is 179 Å². The van der Waals surface area contributed by atoms with Gasteiger partial charge in [0, 0.05) is 35.3 Å². The highest BCUT2D eigenvalue weighted by Gasteiger charge is 2.53. The third-order valence-electron chi connectivity index (χ3n) is 6.73. The summed E-state index contributed by atoms with van der Waals surface area (Å²) in [6, 6.07) is 20.4. The van der Waals surface area contributed by atoms with Crippen LogP contribution in [0.25, 0.3) is 11.5 Å². The molecule has 0 unspecified atom stereocenters. The van der Waals surface area contributed by atoms with E-state index in [9.17, 15) is 4.57 Å². The monoisotopic (exact) mass is 419 g/mol. The van der Waals surface area contributed by atoms with Crippen LogP contribution in [0.3, 0.4) is 0 Å². The molecule has 0 aromatic heterocycles. The van der Waals surface area contributed by atoms with Crippen molar-refractivity contribution < 1.29 is 9.30 Å². The van der Waals surface area contributed by atoms with Gasteiger partial charge in [-0.05, 0) is 30.1 Å². The van der Waals surface area contributed by atoms with E-state index >= 15 is 0 Å². The molecule has 3 nitrogen and oxygen atoms in total. The Kier molecular flexibility index (Phi) is 4.61. The number of fused-ring (bicyclic) bond motifs is 2. The van der Waals surface area contributed by atoms with Gasteiger partial charge in [-0.1, -0.05) is 81.4 Å². The predicted molar refractivity (Wildman–Crippen MR) is 124 cm³/mol. The molecular formula is C26H30NO2P. The van der Waals surface area contributed by atoms with Crippen LogP contribution in [0.15, 0.2) is 72.3 Å². The van der Waals surface area contributed by atoms with Gasteiger partial charge in [0.15, 0.2) is 0 Å². The van der Waals surface area contributed by atoms with Crippen molar-refractivity contribution in [3.63, 3.8) is 0 Å². The highest BCUT2D eigenvalue weighted by atomic mass is 31.2. The number of rotatable bonds is 3. The van der Waals surface area contributed by atoms with Crippen molar-refractivity contribution in [2.24, 2.45) is 10.8 Å². The van der Waals surface area contributed by atoms with Crippen molar-refractivity contribution in [1.82, 2.24) is 4.67 Å². The van der Waals surface area contributed by atoms with Crippen LogP contribution in [-0.2, 0) is 9.30 Å². The molecule has 4 heteroatoms. The van der Waals surface area contributed by atoms with Crippen molar-refractivity contribution in [3.8, 4) is 0 Å². The summed E-state index contributed by atoms with van der Waals surface area (Å²) in [5.41, 5.74) is 2.44. The SMILES string of the molecule is CC1(C)C[C@H]2C[C@](C)(CN2P2(=O)C=C(c3ccccc3)OC(c3ccccc3)=C2)C1. The molecule has 1 saturated carbocycles. The fourth-order valence-electron chi connectivity index (χ4n) is 5.96. The lowest BCUT2D eigenvalue weighted by Crippen LogP contribution is -2.33. The molecule has 3 aliphatic rings. The average molecular weight is 420 g/mol. The quantitative estimate of drug-likeness (QED) is 0.493. The molecule has 2 aromatic carbocycles. The minimum Gasteiger partial charge on any atom is -0.456 e. The van der Waals surface area contributed by atoms with Crippen molar-refractivity contribution in [1.29, 1.82) is 0 Å². The van der Waals surface area contributed by atoms with Crippen LogP contribution in [0.5, 0.6) is 0 Å². The first-order chi connectivity index (χ1) is 14.3. The number of ether oxygens (including phenoxy) is 1. The van der Waals surface area contributed by atoms with E-state index in [2.05, 4.69) is 25.4 Å². The maximum atomic E-state index is 14.6. The van der Waals surface area contributed by atoms with Crippen LogP contribution in [0.1, 0.15) is 51.2 Å². The van der Waals surface area contributed by atoms with Gasteiger partial charge in [0.05, 0.1) is 0 Å². The van der Waals surface area contributed by atoms with E-state index in [4.69, 9.17) is 4.74 Å². The van der Waals surface area contributed by atoms with Gasteiger partial charge in [0.2, 0.25) is 7.29 Å². The average Bonchev–Trinajstić information content (AvgIpc) is 2.98. The maximum absolute atomic E-state index is 14.6. The summed E-state index contributed by atoms with van der Waals surface area (Å²) >= 11 is 0. The Morgan fingerprint density at radius 2 is 1.40 bits per heavy atom. The third kappa shape index (κ3) is 3.59. The second-order valence-electron chi connectivity index (χ2n) is 10.3. The first-order valence-electron chi connectivity index (χ1n) is 10.9. The number of nitrogens with zero attached hydrogens (tertiary/aromatic N) is 1. The van der Waals surface area contributed by atoms with Crippen molar-refractivity contribution in [2.75, 3.05) is 6.54 Å². The second kappa shape index (κ2) is 6.97. The molecule has 0 radical (unpaired) electrons. The largest absolute Gasteiger partial charge is 0.456 e. The van der Waals surface area contributed by atoms with Crippen LogP contribution < -0.4 is 0 Å². The first-order valence-corrected chi connectivity index (χ1v) is 12.7. The Morgan fingerprint density at radius 1 is 0.867 bits per heavy atom. The van der Waals surface area contributed by atoms with E-state index in [0.717, 1.165) is 30.5 Å². The lowest BCUT2D eigenvalue weighted by Gasteiger charge is -2.40. The van der Waals surface area contributed by atoms with Gasteiger partial charge in [-0.3, -0.25) is 4.57 Å². The molecule has 2 bridgehead atoms. The fourth-order valence-corrected chi connectivity index (χ4v) is 8.64. The van der Waals surface area contributed by atoms with Crippen LogP contribution in [0, 0.1) is 10.8 Å². The van der Waals surface area contributed by atoms with E-state index in [1.807, 2.05) is 72.3 Å². The lowest BCUT2D eigenvalue weighted by molar-refractivity contribution is 0.133. The normalized spacial score (nSPS) is 29.6. The standard InChI is InChI=1S/C26H30NO2P/c1-25(2)14-22-15-26(3,18-25)19-27(22)30(28)16-23(20-10-6-4-7-11-20)29-24(17-30)21-12-8-5-9-13-21/h4-13,16-17,22H,14-15,18-19H2,1-3H3/t22-,26-/m0/s1. The first kappa shape index (κ1) is 19.8. The Balaban J connectivity index is 1.60. The molecule has 2 aromatic rings. The van der Waals surface area contributed by atoms with E-state index < -0.39 is 7.29 Å². The molecule has 0 amide bonds. The maximum Gasteiger partial charge on any atom is 0.200 e. The van der Waals surface area contributed by atoms with E-state index in [1.54, 1.807) is 0 Å². The van der Waals surface area contributed by atoms with Gasteiger partial charge in [-0.25, -0.2) is 4.67 Å². The van der Waals surface area contributed by atoms with Gasteiger partial charge < -0.3 is 4.74 Å². The highest BCUT2D eigenvalue weighted by molar-refractivity contribution is 7.68. The molecule has 30 heavy (non-hydrogen) atoms. The lowest BCUT2D eigenvalue weighted by atomic mass is 9.65. The smallest absolute Gasteiger partial charge is 0.200 e. The van der Waals surface area contributed by atoms with Crippen molar-refractivity contribution >= 4 is 18.8 Å². The van der Waals surface area contributed by atoms with Crippen LogP contribution in [0.2, 0.25) is 0 Å². The molecule has 0 spiro atoms. The van der Waals surface area contributed by atoms with Crippen LogP contribution in [0.4, 0.5) is 0 Å². The highest BCUT2D eigenvalue weighted by Crippen LogP contribution is 2.66. The summed E-state index contributed by atoms with van der Waals surface area (Å²) in [5.74, 6) is 5.22. The van der Waals surface area contributed by atoms with Gasteiger partial charge in [0.1, 0.15) is 11.5 Å². The summed E-state index contributed by atoms with van der Waals surface area (Å²) < 4.78 is 23.2. The summed E-state index contributed by atoms with van der Waals surface area (Å²) in [6.07, 6.45) is 3.41. The molecule has 1 saturated heterocycles. The molecule has 1 aliphatic carbocycles. The summed E-state index contributed by atoms with van der Waals surface area (Å²) in [4.78, 5) is 0. The Hall–Kier alpha value is -2.09. The van der Waals surface area contributed by atoms with E-state index in [-0.39, 0.29) is 10.8 Å².